The van der Waals surface area contributed by atoms with Crippen molar-refractivity contribution in [3.8, 4) is 0 Å². The minimum Gasteiger partial charge on any atom is -0.383 e. The molecule has 2 rings (SSSR count). The summed E-state index contributed by atoms with van der Waals surface area (Å²) < 4.78 is 21.9. The molecule has 1 aliphatic heterocycles. The molecule has 1 aromatic rings. The van der Waals surface area contributed by atoms with E-state index in [4.69, 9.17) is 25.0 Å². The topological polar surface area (TPSA) is 173 Å². The second kappa shape index (κ2) is 6.27. The van der Waals surface area contributed by atoms with Gasteiger partial charge in [-0.05, 0) is 18.2 Å². The molecule has 0 radical (unpaired) electrons. The van der Waals surface area contributed by atoms with E-state index in [1.54, 1.807) is 0 Å². The molecule has 0 amide bonds. The predicted octanol–water partition coefficient (Wildman–Crippen LogP) is -0.235. The highest BCUT2D eigenvalue weighted by molar-refractivity contribution is 7.51. The van der Waals surface area contributed by atoms with Gasteiger partial charge in [0.25, 0.3) is 0 Å². The van der Waals surface area contributed by atoms with Crippen molar-refractivity contribution in [1.29, 1.82) is 0 Å². The maximum atomic E-state index is 11.5. The average molecular weight is 307 g/mol. The summed E-state index contributed by atoms with van der Waals surface area (Å²) in [5.74, 6) is 0.0949. The number of hydrogen-bond acceptors (Lipinski definition) is 6. The van der Waals surface area contributed by atoms with Crippen LogP contribution in [0.3, 0.4) is 0 Å². The Labute approximate surface area is 113 Å². The molecule has 0 spiro atoms. The number of hydrogen-bond donors (Lipinski definition) is 4. The molecule has 112 valence electrons. The fourth-order valence-electron chi connectivity index (χ4n) is 1.46. The summed E-state index contributed by atoms with van der Waals surface area (Å²) in [6.07, 6.45) is 1.94. The zero-order valence-electron chi connectivity index (χ0n) is 10.6. The zero-order valence-corrected chi connectivity index (χ0v) is 11.5. The molecule has 2 heterocycles. The third-order valence-electron chi connectivity index (χ3n) is 2.24. The quantitative estimate of drug-likeness (QED) is 0.435. The predicted molar refractivity (Wildman–Crippen MR) is 69.9 cm³/mol. The van der Waals surface area contributed by atoms with Crippen molar-refractivity contribution < 1.29 is 23.8 Å². The largest absolute Gasteiger partial charge is 0.383 e. The average Bonchev–Trinajstić information content (AvgIpc) is 2.74. The van der Waals surface area contributed by atoms with Crippen LogP contribution in [0.5, 0.6) is 0 Å². The van der Waals surface area contributed by atoms with Gasteiger partial charge in [-0.1, -0.05) is 0 Å². The number of aromatic nitrogens is 2. The Morgan fingerprint density at radius 3 is 2.80 bits per heavy atom. The minimum atomic E-state index is -4.26. The highest BCUT2D eigenvalue weighted by atomic mass is 31.2. The molecule has 11 heteroatoms. The van der Waals surface area contributed by atoms with Crippen LogP contribution in [0.25, 0.3) is 0 Å². The second-order valence-corrected chi connectivity index (χ2v) is 5.37. The van der Waals surface area contributed by atoms with E-state index in [0.717, 1.165) is 0 Å². The van der Waals surface area contributed by atoms with Crippen LogP contribution in [0.4, 0.5) is 5.82 Å². The van der Waals surface area contributed by atoms with Gasteiger partial charge >= 0.3 is 13.3 Å². The van der Waals surface area contributed by atoms with Crippen molar-refractivity contribution in [2.45, 2.75) is 12.5 Å². The van der Waals surface area contributed by atoms with Crippen molar-refractivity contribution in [2.75, 3.05) is 12.1 Å². The summed E-state index contributed by atoms with van der Waals surface area (Å²) in [4.78, 5) is 32.4. The molecule has 1 aliphatic rings. The van der Waals surface area contributed by atoms with Gasteiger partial charge in [-0.25, -0.2) is 4.79 Å². The summed E-state index contributed by atoms with van der Waals surface area (Å²) >= 11 is 0. The first-order chi connectivity index (χ1) is 8.85. The van der Waals surface area contributed by atoms with Crippen molar-refractivity contribution in [3.05, 3.63) is 34.9 Å². The molecule has 0 aliphatic carbocycles. The molecular weight excluding hydrogens is 291 g/mol. The highest BCUT2D eigenvalue weighted by Crippen LogP contribution is 2.35. The Kier molecular flexibility index (Phi) is 5.17. The van der Waals surface area contributed by atoms with Gasteiger partial charge in [0.1, 0.15) is 5.82 Å². The SMILES string of the molecule is Nc1ccn(C2C=CC(OCP(=O)(O)O)O2)c(=O)n1.[NH4+]. The van der Waals surface area contributed by atoms with Gasteiger partial charge in [0.2, 0.25) is 0 Å². The third kappa shape index (κ3) is 4.23. The van der Waals surface area contributed by atoms with Crippen molar-refractivity contribution in [3.63, 3.8) is 0 Å². The Balaban J connectivity index is 0.00000200. The number of quaternary nitrogens is 1. The number of nitrogen functional groups attached to an aromatic ring is 1. The van der Waals surface area contributed by atoms with E-state index in [0.29, 0.717) is 0 Å². The first-order valence-electron chi connectivity index (χ1n) is 5.20. The molecule has 10 nitrogen and oxygen atoms in total. The van der Waals surface area contributed by atoms with Crippen LogP contribution in [0.2, 0.25) is 0 Å². The Bertz CT molecular complexity index is 596. The monoisotopic (exact) mass is 307 g/mol. The molecule has 2 atom stereocenters. The van der Waals surface area contributed by atoms with Gasteiger partial charge in [-0.15, -0.1) is 0 Å². The maximum Gasteiger partial charge on any atom is 0.351 e. The molecule has 0 saturated heterocycles. The molecule has 2 unspecified atom stereocenters. The number of rotatable bonds is 4. The van der Waals surface area contributed by atoms with Crippen LogP contribution in [-0.2, 0) is 14.0 Å². The maximum absolute atomic E-state index is 11.5. The summed E-state index contributed by atoms with van der Waals surface area (Å²) in [5.41, 5.74) is 4.76. The highest BCUT2D eigenvalue weighted by Gasteiger charge is 2.24. The molecule has 0 saturated carbocycles. The van der Waals surface area contributed by atoms with Gasteiger partial charge in [0.15, 0.2) is 18.9 Å². The smallest absolute Gasteiger partial charge is 0.351 e. The lowest BCUT2D eigenvalue weighted by molar-refractivity contribution is -0.127. The van der Waals surface area contributed by atoms with Crippen molar-refractivity contribution in [2.24, 2.45) is 0 Å². The van der Waals surface area contributed by atoms with Crippen molar-refractivity contribution in [1.82, 2.24) is 15.7 Å². The van der Waals surface area contributed by atoms with Crippen LogP contribution >= 0.6 is 7.60 Å². The van der Waals surface area contributed by atoms with Gasteiger partial charge in [-0.2, -0.15) is 4.98 Å². The van der Waals surface area contributed by atoms with Crippen LogP contribution in [0.15, 0.2) is 29.2 Å². The first-order valence-corrected chi connectivity index (χ1v) is 6.99. The normalized spacial score (nSPS) is 21.7. The van der Waals surface area contributed by atoms with E-state index in [1.807, 2.05) is 0 Å². The minimum absolute atomic E-state index is 0. The lowest BCUT2D eigenvalue weighted by Gasteiger charge is -2.16. The lowest BCUT2D eigenvalue weighted by atomic mass is 10.5. The van der Waals surface area contributed by atoms with Gasteiger partial charge in [0, 0.05) is 6.20 Å². The molecule has 1 aromatic heterocycles. The van der Waals surface area contributed by atoms with Crippen LogP contribution < -0.4 is 17.6 Å². The molecule has 20 heavy (non-hydrogen) atoms. The standard InChI is InChI=1S/C9H12N3O6P.H3N/c10-6-3-4-12(9(13)11-6)7-1-2-8(18-7)17-5-19(14,15)16;/h1-4,7-8H,5H2,(H2,10,11,13)(H2,14,15,16);1H3/p+1. The van der Waals surface area contributed by atoms with E-state index in [9.17, 15) is 9.36 Å². The molecular formula is C9H16N4O6P+. The van der Waals surface area contributed by atoms with Gasteiger partial charge in [-0.3, -0.25) is 9.13 Å². The number of anilines is 1. The summed E-state index contributed by atoms with van der Waals surface area (Å²) in [6, 6.07) is 1.43. The van der Waals surface area contributed by atoms with E-state index in [1.165, 1.54) is 29.0 Å². The van der Waals surface area contributed by atoms with E-state index < -0.39 is 32.2 Å². The van der Waals surface area contributed by atoms with E-state index >= 15 is 0 Å². The molecule has 8 N–H and O–H groups in total. The molecule has 0 bridgehead atoms. The fourth-order valence-corrected chi connectivity index (χ4v) is 1.80. The zero-order chi connectivity index (χ0) is 14.0. The molecule has 0 fully saturated rings. The summed E-state index contributed by atoms with van der Waals surface area (Å²) in [5, 5.41) is 0. The van der Waals surface area contributed by atoms with Crippen LogP contribution in [-0.4, -0.2) is 32.0 Å². The Morgan fingerprint density at radius 1 is 1.50 bits per heavy atom. The number of ether oxygens (including phenoxy) is 2. The number of nitrogens with zero attached hydrogens (tertiary/aromatic N) is 2. The summed E-state index contributed by atoms with van der Waals surface area (Å²) in [7, 11) is -4.26. The molecule has 0 aromatic carbocycles. The number of nitrogens with two attached hydrogens (primary N) is 1. The lowest BCUT2D eigenvalue weighted by Crippen LogP contribution is -2.28. The Morgan fingerprint density at radius 2 is 2.20 bits per heavy atom. The first kappa shape index (κ1) is 16.5. The third-order valence-corrected chi connectivity index (χ3v) is 2.72. The van der Waals surface area contributed by atoms with Gasteiger partial charge in [0.05, 0.1) is 0 Å². The van der Waals surface area contributed by atoms with Gasteiger partial charge < -0.3 is 31.1 Å². The van der Waals surface area contributed by atoms with Crippen LogP contribution in [0.1, 0.15) is 6.23 Å². The van der Waals surface area contributed by atoms with Crippen LogP contribution in [0, 0.1) is 0 Å². The second-order valence-electron chi connectivity index (χ2n) is 3.78. The fraction of sp³-hybridized carbons (Fsp3) is 0.333. The van der Waals surface area contributed by atoms with E-state index in [2.05, 4.69) is 4.98 Å². The van der Waals surface area contributed by atoms with E-state index in [-0.39, 0.29) is 12.0 Å². The Hall–Kier alpha value is -1.55. The van der Waals surface area contributed by atoms with Crippen molar-refractivity contribution >= 4 is 13.4 Å². The summed E-state index contributed by atoms with van der Waals surface area (Å²) in [6.45, 7) is 0.